The number of amides is 1. The van der Waals surface area contributed by atoms with Crippen molar-refractivity contribution in [2.75, 3.05) is 40.3 Å². The quantitative estimate of drug-likeness (QED) is 0.662. The van der Waals surface area contributed by atoms with Gasteiger partial charge in [0.25, 0.3) is 0 Å². The van der Waals surface area contributed by atoms with Crippen LogP contribution in [0, 0.1) is 11.3 Å². The van der Waals surface area contributed by atoms with E-state index >= 15 is 0 Å². The maximum Gasteiger partial charge on any atom is 0.224 e. The van der Waals surface area contributed by atoms with Crippen LogP contribution in [0.15, 0.2) is 0 Å². The van der Waals surface area contributed by atoms with Crippen LogP contribution in [0.2, 0.25) is 0 Å². The molecule has 0 aliphatic rings. The molecule has 0 saturated carbocycles. The lowest BCUT2D eigenvalue weighted by atomic mass is 10.2. The molecule has 0 aliphatic carbocycles. The summed E-state index contributed by atoms with van der Waals surface area (Å²) in [5.74, 6) is -0.0214. The summed E-state index contributed by atoms with van der Waals surface area (Å²) in [6.07, 6.45) is 0.238. The lowest BCUT2D eigenvalue weighted by Crippen LogP contribution is -2.39. The Morgan fingerprint density at radius 2 is 1.94 bits per heavy atom. The molecular weight excluding hydrogens is 216 g/mol. The van der Waals surface area contributed by atoms with Crippen molar-refractivity contribution in [1.82, 2.24) is 15.1 Å². The average Bonchev–Trinajstić information content (AvgIpc) is 2.32. The minimum atomic E-state index is -0.388. The molecule has 0 heterocycles. The van der Waals surface area contributed by atoms with Crippen molar-refractivity contribution >= 4 is 5.91 Å². The molecule has 0 saturated heterocycles. The van der Waals surface area contributed by atoms with Gasteiger partial charge in [-0.2, -0.15) is 5.26 Å². The standard InChI is InChI=1S/C12H24N4O/c1-5-16(6-2)8-7-14-11(10-13)9-12(17)15(3)4/h11,14H,5-9H2,1-4H3. The summed E-state index contributed by atoms with van der Waals surface area (Å²) in [4.78, 5) is 15.2. The second kappa shape index (κ2) is 8.97. The number of hydrogen-bond acceptors (Lipinski definition) is 4. The highest BCUT2D eigenvalue weighted by Crippen LogP contribution is 1.95. The molecular formula is C12H24N4O. The number of nitrogens with one attached hydrogen (secondary N) is 1. The van der Waals surface area contributed by atoms with Gasteiger partial charge in [-0.15, -0.1) is 0 Å². The number of nitrogens with zero attached hydrogens (tertiary/aromatic N) is 3. The first-order chi connectivity index (χ1) is 8.04. The summed E-state index contributed by atoms with van der Waals surface area (Å²) in [6.45, 7) is 7.88. The zero-order chi connectivity index (χ0) is 13.3. The Labute approximate surface area is 104 Å². The SMILES string of the molecule is CCN(CC)CCNC(C#N)CC(=O)N(C)C. The third kappa shape index (κ3) is 6.93. The van der Waals surface area contributed by atoms with E-state index in [2.05, 4.69) is 30.1 Å². The largest absolute Gasteiger partial charge is 0.349 e. The Morgan fingerprint density at radius 1 is 1.35 bits per heavy atom. The number of rotatable bonds is 8. The smallest absolute Gasteiger partial charge is 0.224 e. The van der Waals surface area contributed by atoms with Gasteiger partial charge < -0.3 is 15.1 Å². The lowest BCUT2D eigenvalue weighted by Gasteiger charge is -2.20. The van der Waals surface area contributed by atoms with Gasteiger partial charge in [-0.25, -0.2) is 0 Å². The number of hydrogen-bond donors (Lipinski definition) is 1. The third-order valence-electron chi connectivity index (χ3n) is 2.75. The van der Waals surface area contributed by atoms with Crippen LogP contribution in [0.5, 0.6) is 0 Å². The third-order valence-corrected chi connectivity index (χ3v) is 2.75. The summed E-state index contributed by atoms with van der Waals surface area (Å²) in [5, 5.41) is 12.0. The Hall–Kier alpha value is -1.12. The van der Waals surface area contributed by atoms with Gasteiger partial charge in [0.05, 0.1) is 12.5 Å². The molecule has 0 spiro atoms. The summed E-state index contributed by atoms with van der Waals surface area (Å²) >= 11 is 0. The number of likely N-dealkylation sites (N-methyl/N-ethyl adjacent to an activating group) is 1. The second-order valence-corrected chi connectivity index (χ2v) is 4.15. The fourth-order valence-electron chi connectivity index (χ4n) is 1.46. The first-order valence-corrected chi connectivity index (χ1v) is 6.10. The summed E-state index contributed by atoms with van der Waals surface area (Å²) < 4.78 is 0. The fraction of sp³-hybridized carbons (Fsp3) is 0.833. The highest BCUT2D eigenvalue weighted by Gasteiger charge is 2.13. The zero-order valence-corrected chi connectivity index (χ0v) is 11.4. The van der Waals surface area contributed by atoms with Gasteiger partial charge in [0, 0.05) is 27.2 Å². The molecule has 0 bridgehead atoms. The fourth-order valence-corrected chi connectivity index (χ4v) is 1.46. The van der Waals surface area contributed by atoms with E-state index in [0.29, 0.717) is 0 Å². The maximum absolute atomic E-state index is 11.4. The topological polar surface area (TPSA) is 59.4 Å². The predicted octanol–water partition coefficient (Wildman–Crippen LogP) is 0.288. The highest BCUT2D eigenvalue weighted by molar-refractivity contribution is 5.76. The molecule has 0 aliphatic heterocycles. The molecule has 5 nitrogen and oxygen atoms in total. The highest BCUT2D eigenvalue weighted by atomic mass is 16.2. The van der Waals surface area contributed by atoms with Crippen LogP contribution < -0.4 is 5.32 Å². The molecule has 1 N–H and O–H groups in total. The van der Waals surface area contributed by atoms with Gasteiger partial charge in [0.2, 0.25) is 5.91 Å². The van der Waals surface area contributed by atoms with Gasteiger partial charge in [-0.3, -0.25) is 4.79 Å². The summed E-state index contributed by atoms with van der Waals surface area (Å²) in [7, 11) is 3.40. The first kappa shape index (κ1) is 15.9. The van der Waals surface area contributed by atoms with Gasteiger partial charge in [0.15, 0.2) is 0 Å². The molecule has 98 valence electrons. The van der Waals surface area contributed by atoms with Crippen LogP contribution in [0.25, 0.3) is 0 Å². The van der Waals surface area contributed by atoms with Gasteiger partial charge >= 0.3 is 0 Å². The Morgan fingerprint density at radius 3 is 2.35 bits per heavy atom. The Balaban J connectivity index is 3.91. The Bertz CT molecular complexity index is 256. The van der Waals surface area contributed by atoms with E-state index in [1.165, 1.54) is 4.90 Å². The zero-order valence-electron chi connectivity index (χ0n) is 11.4. The maximum atomic E-state index is 11.4. The van der Waals surface area contributed by atoms with Crippen LogP contribution in [0.1, 0.15) is 20.3 Å². The van der Waals surface area contributed by atoms with Crippen molar-refractivity contribution in [2.45, 2.75) is 26.3 Å². The number of carbonyl (C=O) groups is 1. The average molecular weight is 240 g/mol. The molecule has 17 heavy (non-hydrogen) atoms. The summed E-state index contributed by atoms with van der Waals surface area (Å²) in [5.41, 5.74) is 0. The van der Waals surface area contributed by atoms with Gasteiger partial charge in [0.1, 0.15) is 6.04 Å². The minimum absolute atomic E-state index is 0.0214. The predicted molar refractivity (Wildman–Crippen MR) is 68.5 cm³/mol. The molecule has 0 aromatic carbocycles. The Kier molecular flexibility index (Phi) is 8.38. The van der Waals surface area contributed by atoms with Crippen LogP contribution in [0.4, 0.5) is 0 Å². The van der Waals surface area contributed by atoms with E-state index in [-0.39, 0.29) is 18.4 Å². The van der Waals surface area contributed by atoms with E-state index in [1.54, 1.807) is 14.1 Å². The molecule has 5 heteroatoms. The van der Waals surface area contributed by atoms with Crippen molar-refractivity contribution in [1.29, 1.82) is 5.26 Å². The van der Waals surface area contributed by atoms with Crippen molar-refractivity contribution in [3.8, 4) is 6.07 Å². The van der Waals surface area contributed by atoms with Gasteiger partial charge in [-0.1, -0.05) is 13.8 Å². The van der Waals surface area contributed by atoms with E-state index < -0.39 is 0 Å². The van der Waals surface area contributed by atoms with E-state index in [0.717, 1.165) is 26.2 Å². The molecule has 1 amide bonds. The second-order valence-electron chi connectivity index (χ2n) is 4.15. The molecule has 0 fully saturated rings. The number of carbonyl (C=O) groups excluding carboxylic acids is 1. The molecule has 0 aromatic rings. The van der Waals surface area contributed by atoms with Crippen molar-refractivity contribution in [3.05, 3.63) is 0 Å². The number of nitriles is 1. The molecule has 0 radical (unpaired) electrons. The van der Waals surface area contributed by atoms with Crippen molar-refractivity contribution in [2.24, 2.45) is 0 Å². The van der Waals surface area contributed by atoms with Crippen LogP contribution >= 0.6 is 0 Å². The van der Waals surface area contributed by atoms with Crippen LogP contribution in [-0.2, 0) is 4.79 Å². The minimum Gasteiger partial charge on any atom is -0.349 e. The summed E-state index contributed by atoms with van der Waals surface area (Å²) in [6, 6.07) is 1.73. The molecule has 1 unspecified atom stereocenters. The lowest BCUT2D eigenvalue weighted by molar-refractivity contribution is -0.128. The van der Waals surface area contributed by atoms with Crippen LogP contribution in [-0.4, -0.2) is 62.0 Å². The van der Waals surface area contributed by atoms with Crippen LogP contribution in [0.3, 0.4) is 0 Å². The normalized spacial score (nSPS) is 12.2. The van der Waals surface area contributed by atoms with Crippen molar-refractivity contribution in [3.63, 3.8) is 0 Å². The molecule has 1 atom stereocenters. The van der Waals surface area contributed by atoms with E-state index in [4.69, 9.17) is 5.26 Å². The van der Waals surface area contributed by atoms with E-state index in [1.807, 2.05) is 0 Å². The monoisotopic (exact) mass is 240 g/mol. The molecule has 0 aromatic heterocycles. The molecule has 0 rings (SSSR count). The first-order valence-electron chi connectivity index (χ1n) is 6.10. The van der Waals surface area contributed by atoms with E-state index in [9.17, 15) is 4.79 Å². The van der Waals surface area contributed by atoms with Crippen molar-refractivity contribution < 1.29 is 4.79 Å². The van der Waals surface area contributed by atoms with Gasteiger partial charge in [-0.05, 0) is 13.1 Å².